The minimum Gasteiger partial charge on any atom is -0.543 e. The monoisotopic (exact) mass is 388 g/mol. The van der Waals surface area contributed by atoms with Crippen LogP contribution in [-0.4, -0.2) is 48.9 Å². The lowest BCUT2D eigenvalue weighted by atomic mass is 10.0. The molecule has 0 spiro atoms. The summed E-state index contributed by atoms with van der Waals surface area (Å²) in [5, 5.41) is 0.0632. The van der Waals surface area contributed by atoms with Crippen LogP contribution in [0.2, 0.25) is 18.1 Å². The maximum absolute atomic E-state index is 13.0. The fourth-order valence-electron chi connectivity index (χ4n) is 3.25. The highest BCUT2D eigenvalue weighted by Crippen LogP contribution is 2.38. The van der Waals surface area contributed by atoms with E-state index in [4.69, 9.17) is 4.43 Å². The number of rotatable bonds is 3. The number of piperidine rings is 1. The molecule has 1 atom stereocenters. The van der Waals surface area contributed by atoms with Gasteiger partial charge < -0.3 is 9.33 Å². The predicted molar refractivity (Wildman–Crippen MR) is 105 cm³/mol. The summed E-state index contributed by atoms with van der Waals surface area (Å²) in [4.78, 5) is 39.9. The van der Waals surface area contributed by atoms with Crippen LogP contribution in [0.3, 0.4) is 0 Å². The summed E-state index contributed by atoms with van der Waals surface area (Å²) in [5.41, 5.74) is 1.49. The average Bonchev–Trinajstić information content (AvgIpc) is 2.88. The Morgan fingerprint density at radius 3 is 2.44 bits per heavy atom. The fourth-order valence-corrected chi connectivity index (χ4v) is 4.27. The first-order valence-electron chi connectivity index (χ1n) is 9.36. The molecule has 1 fully saturated rings. The molecule has 27 heavy (non-hydrogen) atoms. The van der Waals surface area contributed by atoms with Crippen LogP contribution in [0.15, 0.2) is 18.2 Å². The number of fused-ring (bicyclic) bond motifs is 1. The van der Waals surface area contributed by atoms with E-state index in [1.165, 1.54) is 7.05 Å². The molecule has 0 radical (unpaired) electrons. The number of likely N-dealkylation sites (N-methyl/N-ethyl adjacent to an activating group) is 1. The lowest BCUT2D eigenvalue weighted by Crippen LogP contribution is -2.53. The number of likely N-dealkylation sites (tertiary alicyclic amines) is 1. The van der Waals surface area contributed by atoms with Crippen molar-refractivity contribution < 1.29 is 18.8 Å². The molecule has 2 heterocycles. The number of carbonyl (C=O) groups excluding carboxylic acids is 3. The van der Waals surface area contributed by atoms with Crippen LogP contribution in [0, 0.1) is 0 Å². The topological polar surface area (TPSA) is 66.9 Å². The Kier molecular flexibility index (Phi) is 4.70. The third kappa shape index (κ3) is 3.40. The number of amides is 3. The second-order valence-corrected chi connectivity index (χ2v) is 13.7. The van der Waals surface area contributed by atoms with Crippen LogP contribution in [0.5, 0.6) is 5.75 Å². The summed E-state index contributed by atoms with van der Waals surface area (Å²) in [6, 6.07) is 5.06. The fraction of sp³-hybridized carbons (Fsp3) is 0.550. The number of hydrogen-bond acceptors (Lipinski definition) is 4. The standard InChI is InChI=1S/C20H28N2O4Si/c1-20(2,3)27(5,6)26-14-8-7-13-12-22(18(24)15(13)11-14)16-9-10-17(23)21(4)19(16)25/h7-8,11,16H,9-10,12H2,1-6H3. The van der Waals surface area contributed by atoms with Crippen molar-refractivity contribution in [1.29, 1.82) is 0 Å². The van der Waals surface area contributed by atoms with Crippen LogP contribution >= 0.6 is 0 Å². The van der Waals surface area contributed by atoms with E-state index in [0.29, 0.717) is 24.3 Å². The van der Waals surface area contributed by atoms with Crippen molar-refractivity contribution >= 4 is 26.0 Å². The Hall–Kier alpha value is -2.15. The molecule has 2 aliphatic heterocycles. The minimum atomic E-state index is -2.00. The summed E-state index contributed by atoms with van der Waals surface area (Å²) in [7, 11) is -0.519. The molecule has 7 heteroatoms. The zero-order valence-electron chi connectivity index (χ0n) is 17.0. The van der Waals surface area contributed by atoms with E-state index in [1.54, 1.807) is 11.0 Å². The molecule has 146 valence electrons. The zero-order chi connectivity index (χ0) is 20.1. The smallest absolute Gasteiger partial charge is 0.255 e. The molecule has 1 unspecified atom stereocenters. The molecule has 0 aliphatic carbocycles. The highest BCUT2D eigenvalue weighted by Gasteiger charge is 2.42. The molecule has 1 aromatic carbocycles. The maximum Gasteiger partial charge on any atom is 0.255 e. The van der Waals surface area contributed by atoms with Crippen molar-refractivity contribution in [2.45, 2.75) is 64.3 Å². The second kappa shape index (κ2) is 6.47. The Morgan fingerprint density at radius 2 is 1.81 bits per heavy atom. The predicted octanol–water partition coefficient (Wildman–Crippen LogP) is 3.17. The third-order valence-electron chi connectivity index (χ3n) is 6.09. The van der Waals surface area contributed by atoms with Crippen molar-refractivity contribution in [1.82, 2.24) is 9.80 Å². The zero-order valence-corrected chi connectivity index (χ0v) is 18.0. The maximum atomic E-state index is 13.0. The summed E-state index contributed by atoms with van der Waals surface area (Å²) in [5.74, 6) is 0.0557. The van der Waals surface area contributed by atoms with Gasteiger partial charge in [0.1, 0.15) is 11.8 Å². The summed E-state index contributed by atoms with van der Waals surface area (Å²) < 4.78 is 6.32. The molecule has 6 nitrogen and oxygen atoms in total. The van der Waals surface area contributed by atoms with Gasteiger partial charge >= 0.3 is 0 Å². The first-order valence-corrected chi connectivity index (χ1v) is 12.3. The largest absolute Gasteiger partial charge is 0.543 e. The molecule has 3 amide bonds. The van der Waals surface area contributed by atoms with E-state index in [0.717, 1.165) is 10.5 Å². The normalized spacial score (nSPS) is 21.0. The van der Waals surface area contributed by atoms with E-state index in [-0.39, 0.29) is 29.2 Å². The van der Waals surface area contributed by atoms with Crippen molar-refractivity contribution in [3.05, 3.63) is 29.3 Å². The average molecular weight is 389 g/mol. The van der Waals surface area contributed by atoms with Gasteiger partial charge in [0.2, 0.25) is 14.2 Å². The van der Waals surface area contributed by atoms with Crippen LogP contribution in [0.25, 0.3) is 0 Å². The van der Waals surface area contributed by atoms with Gasteiger partial charge in [0, 0.05) is 25.6 Å². The molecule has 0 aromatic heterocycles. The van der Waals surface area contributed by atoms with Crippen LogP contribution in [-0.2, 0) is 16.1 Å². The molecule has 1 aromatic rings. The Balaban J connectivity index is 1.82. The Labute approximate surface area is 161 Å². The number of nitrogens with zero attached hydrogens (tertiary/aromatic N) is 2. The number of hydrogen-bond donors (Lipinski definition) is 0. The van der Waals surface area contributed by atoms with Gasteiger partial charge in [-0.3, -0.25) is 19.3 Å². The van der Waals surface area contributed by atoms with Gasteiger partial charge in [-0.2, -0.15) is 0 Å². The third-order valence-corrected chi connectivity index (χ3v) is 10.4. The molecule has 0 saturated carbocycles. The van der Waals surface area contributed by atoms with E-state index in [1.807, 2.05) is 12.1 Å². The number of benzene rings is 1. The van der Waals surface area contributed by atoms with E-state index < -0.39 is 14.4 Å². The molecule has 3 rings (SSSR count). The van der Waals surface area contributed by atoms with Gasteiger partial charge in [-0.05, 0) is 42.2 Å². The molecular formula is C20H28N2O4Si. The van der Waals surface area contributed by atoms with Crippen molar-refractivity contribution in [2.24, 2.45) is 0 Å². The van der Waals surface area contributed by atoms with Crippen molar-refractivity contribution in [2.75, 3.05) is 7.05 Å². The number of imide groups is 1. The molecule has 1 saturated heterocycles. The highest BCUT2D eigenvalue weighted by molar-refractivity contribution is 6.74. The van der Waals surface area contributed by atoms with Crippen molar-refractivity contribution in [3.63, 3.8) is 0 Å². The summed E-state index contributed by atoms with van der Waals surface area (Å²) in [6.07, 6.45) is 0.668. The Morgan fingerprint density at radius 1 is 1.15 bits per heavy atom. The number of carbonyl (C=O) groups is 3. The van der Waals surface area contributed by atoms with Gasteiger partial charge in [-0.25, -0.2) is 0 Å². The van der Waals surface area contributed by atoms with E-state index in [9.17, 15) is 14.4 Å². The second-order valence-electron chi connectivity index (χ2n) is 8.96. The molecule has 2 aliphatic rings. The molecular weight excluding hydrogens is 360 g/mol. The van der Waals surface area contributed by atoms with Gasteiger partial charge in [0.15, 0.2) is 0 Å². The van der Waals surface area contributed by atoms with Gasteiger partial charge in [-0.15, -0.1) is 0 Å². The van der Waals surface area contributed by atoms with Crippen LogP contribution in [0.4, 0.5) is 0 Å². The van der Waals surface area contributed by atoms with Gasteiger partial charge in [0.25, 0.3) is 11.8 Å². The summed E-state index contributed by atoms with van der Waals surface area (Å²) >= 11 is 0. The van der Waals surface area contributed by atoms with Crippen LogP contribution < -0.4 is 4.43 Å². The lowest BCUT2D eigenvalue weighted by molar-refractivity contribution is -0.150. The minimum absolute atomic E-state index is 0.0632. The van der Waals surface area contributed by atoms with E-state index in [2.05, 4.69) is 33.9 Å². The highest BCUT2D eigenvalue weighted by atomic mass is 28.4. The SMILES string of the molecule is CN1C(=O)CCC(N2Cc3ccc(O[Si](C)(C)C(C)(C)C)cc3C2=O)C1=O. The van der Waals surface area contributed by atoms with Gasteiger partial charge in [0.05, 0.1) is 0 Å². The first-order chi connectivity index (χ1) is 12.4. The lowest BCUT2D eigenvalue weighted by Gasteiger charge is -2.36. The Bertz CT molecular complexity index is 813. The first kappa shape index (κ1) is 19.6. The molecule has 0 N–H and O–H groups in total. The van der Waals surface area contributed by atoms with Gasteiger partial charge in [-0.1, -0.05) is 26.8 Å². The summed E-state index contributed by atoms with van der Waals surface area (Å²) in [6.45, 7) is 11.3. The molecule has 0 bridgehead atoms. The van der Waals surface area contributed by atoms with Crippen LogP contribution in [0.1, 0.15) is 49.5 Å². The van der Waals surface area contributed by atoms with E-state index >= 15 is 0 Å². The quantitative estimate of drug-likeness (QED) is 0.589. The van der Waals surface area contributed by atoms with Crippen molar-refractivity contribution in [3.8, 4) is 5.75 Å².